The van der Waals surface area contributed by atoms with Crippen LogP contribution in [-0.2, 0) is 24.8 Å². The first-order chi connectivity index (χ1) is 13.5. The summed E-state index contributed by atoms with van der Waals surface area (Å²) in [5, 5.41) is 2.95. The summed E-state index contributed by atoms with van der Waals surface area (Å²) in [6, 6.07) is 11.6. The van der Waals surface area contributed by atoms with Gasteiger partial charge < -0.3 is 19.4 Å². The van der Waals surface area contributed by atoms with Crippen molar-refractivity contribution >= 4 is 32.9 Å². The maximum atomic E-state index is 12.5. The highest BCUT2D eigenvalue weighted by molar-refractivity contribution is 9.10. The molecule has 7 heteroatoms. The molecule has 3 aromatic rings. The smallest absolute Gasteiger partial charge is 0.224 e. The van der Waals surface area contributed by atoms with E-state index in [1.165, 1.54) is 0 Å². The van der Waals surface area contributed by atoms with E-state index < -0.39 is 0 Å². The van der Waals surface area contributed by atoms with Gasteiger partial charge >= 0.3 is 0 Å². The number of carbonyl (C=O) groups excluding carboxylic acids is 1. The first-order valence-electron chi connectivity index (χ1n) is 9.28. The van der Waals surface area contributed by atoms with Crippen molar-refractivity contribution in [1.29, 1.82) is 0 Å². The van der Waals surface area contributed by atoms with E-state index in [1.807, 2.05) is 61.9 Å². The summed E-state index contributed by atoms with van der Waals surface area (Å²) in [7, 11) is 1.95. The van der Waals surface area contributed by atoms with E-state index in [4.69, 9.17) is 9.47 Å². The molecule has 0 radical (unpaired) electrons. The van der Waals surface area contributed by atoms with Gasteiger partial charge in [0.15, 0.2) is 11.5 Å². The van der Waals surface area contributed by atoms with Crippen LogP contribution in [0.5, 0.6) is 11.5 Å². The van der Waals surface area contributed by atoms with Crippen LogP contribution in [0.2, 0.25) is 0 Å². The van der Waals surface area contributed by atoms with Gasteiger partial charge in [-0.1, -0.05) is 28.1 Å². The number of amides is 1. The molecule has 28 heavy (non-hydrogen) atoms. The SMILES string of the molecule is CCOc1cc(Br)c(CC(=O)NCc2nc3ccccc3n2C)cc1OCC. The van der Waals surface area contributed by atoms with Crippen LogP contribution in [0.25, 0.3) is 11.0 Å². The zero-order valence-corrected chi connectivity index (χ0v) is 17.9. The number of nitrogens with zero attached hydrogens (tertiary/aromatic N) is 2. The molecule has 1 aromatic heterocycles. The largest absolute Gasteiger partial charge is 0.490 e. The molecule has 148 valence electrons. The number of imidazole rings is 1. The average Bonchev–Trinajstić information content (AvgIpc) is 3.00. The lowest BCUT2D eigenvalue weighted by Crippen LogP contribution is -2.26. The number of carbonyl (C=O) groups is 1. The van der Waals surface area contributed by atoms with Crippen molar-refractivity contribution in [3.63, 3.8) is 0 Å². The third kappa shape index (κ3) is 4.47. The molecule has 0 aliphatic carbocycles. The number of benzene rings is 2. The molecule has 0 bridgehead atoms. The maximum Gasteiger partial charge on any atom is 0.224 e. The van der Waals surface area contributed by atoms with Gasteiger partial charge in [0.1, 0.15) is 5.82 Å². The molecule has 0 aliphatic heterocycles. The molecule has 1 heterocycles. The van der Waals surface area contributed by atoms with E-state index >= 15 is 0 Å². The predicted molar refractivity (Wildman–Crippen MR) is 113 cm³/mol. The standard InChI is InChI=1S/C21H24BrN3O3/c1-4-27-18-10-14(15(22)12-19(18)28-5-2)11-21(26)23-13-20-24-16-8-6-7-9-17(16)25(20)3/h6-10,12H,4-5,11,13H2,1-3H3,(H,23,26). The number of para-hydroxylation sites is 2. The molecule has 0 atom stereocenters. The number of ether oxygens (including phenoxy) is 2. The van der Waals surface area contributed by atoms with Gasteiger partial charge in [0.2, 0.25) is 5.91 Å². The number of aromatic nitrogens is 2. The van der Waals surface area contributed by atoms with E-state index in [-0.39, 0.29) is 12.3 Å². The third-order valence-electron chi connectivity index (χ3n) is 4.39. The third-order valence-corrected chi connectivity index (χ3v) is 5.13. The minimum Gasteiger partial charge on any atom is -0.490 e. The second-order valence-electron chi connectivity index (χ2n) is 6.29. The van der Waals surface area contributed by atoms with Crippen molar-refractivity contribution in [2.45, 2.75) is 26.8 Å². The summed E-state index contributed by atoms with van der Waals surface area (Å²) in [5.74, 6) is 2.04. The summed E-state index contributed by atoms with van der Waals surface area (Å²) in [5.41, 5.74) is 2.81. The molecule has 1 amide bonds. The van der Waals surface area contributed by atoms with Gasteiger partial charge in [-0.2, -0.15) is 0 Å². The number of hydrogen-bond donors (Lipinski definition) is 1. The normalized spacial score (nSPS) is 10.9. The van der Waals surface area contributed by atoms with Crippen molar-refractivity contribution in [2.75, 3.05) is 13.2 Å². The first kappa shape index (κ1) is 20.2. The molecule has 0 unspecified atom stereocenters. The number of fused-ring (bicyclic) bond motifs is 1. The van der Waals surface area contributed by atoms with Crippen LogP contribution in [0, 0.1) is 0 Å². The molecule has 0 spiro atoms. The second-order valence-corrected chi connectivity index (χ2v) is 7.14. The molecule has 0 saturated carbocycles. The summed E-state index contributed by atoms with van der Waals surface area (Å²) < 4.78 is 14.1. The quantitative estimate of drug-likeness (QED) is 0.569. The minimum absolute atomic E-state index is 0.0839. The number of aryl methyl sites for hydroxylation is 1. The molecular formula is C21H24BrN3O3. The van der Waals surface area contributed by atoms with Crippen molar-refractivity contribution in [3.05, 3.63) is 52.3 Å². The fraction of sp³-hybridized carbons (Fsp3) is 0.333. The van der Waals surface area contributed by atoms with Crippen molar-refractivity contribution in [3.8, 4) is 11.5 Å². The maximum absolute atomic E-state index is 12.5. The Bertz CT molecular complexity index is 984. The van der Waals surface area contributed by atoms with Gasteiger partial charge in [0, 0.05) is 11.5 Å². The highest BCUT2D eigenvalue weighted by atomic mass is 79.9. The second kappa shape index (κ2) is 9.10. The Morgan fingerprint density at radius 2 is 1.82 bits per heavy atom. The van der Waals surface area contributed by atoms with Crippen LogP contribution >= 0.6 is 15.9 Å². The van der Waals surface area contributed by atoms with Crippen LogP contribution < -0.4 is 14.8 Å². The Kier molecular flexibility index (Phi) is 6.57. The lowest BCUT2D eigenvalue weighted by molar-refractivity contribution is -0.120. The van der Waals surface area contributed by atoms with Gasteiger partial charge in [-0.3, -0.25) is 4.79 Å². The van der Waals surface area contributed by atoms with Gasteiger partial charge in [-0.05, 0) is 43.7 Å². The predicted octanol–water partition coefficient (Wildman–Crippen LogP) is 3.99. The Labute approximate surface area is 173 Å². The van der Waals surface area contributed by atoms with E-state index in [2.05, 4.69) is 26.2 Å². The van der Waals surface area contributed by atoms with Crippen LogP contribution in [0.1, 0.15) is 25.2 Å². The molecule has 2 aromatic carbocycles. The van der Waals surface area contributed by atoms with Crippen LogP contribution in [-0.4, -0.2) is 28.7 Å². The topological polar surface area (TPSA) is 65.4 Å². The number of hydrogen-bond acceptors (Lipinski definition) is 4. The number of nitrogens with one attached hydrogen (secondary N) is 1. The molecular weight excluding hydrogens is 422 g/mol. The summed E-state index contributed by atoms with van der Waals surface area (Å²) in [4.78, 5) is 17.1. The average molecular weight is 446 g/mol. The molecule has 3 rings (SSSR count). The summed E-state index contributed by atoms with van der Waals surface area (Å²) in [6.07, 6.45) is 0.233. The molecule has 0 aliphatic rings. The van der Waals surface area contributed by atoms with E-state index in [0.29, 0.717) is 31.3 Å². The lowest BCUT2D eigenvalue weighted by atomic mass is 10.1. The van der Waals surface area contributed by atoms with Crippen molar-refractivity contribution in [2.24, 2.45) is 7.05 Å². The molecule has 1 N–H and O–H groups in total. The Morgan fingerprint density at radius 3 is 2.50 bits per heavy atom. The van der Waals surface area contributed by atoms with Gasteiger partial charge in [-0.25, -0.2) is 4.98 Å². The molecule has 0 saturated heterocycles. The highest BCUT2D eigenvalue weighted by Gasteiger charge is 2.14. The van der Waals surface area contributed by atoms with Gasteiger partial charge in [0.25, 0.3) is 0 Å². The van der Waals surface area contributed by atoms with Crippen molar-refractivity contribution < 1.29 is 14.3 Å². The zero-order chi connectivity index (χ0) is 20.1. The summed E-state index contributed by atoms with van der Waals surface area (Å²) in [6.45, 7) is 5.29. The van der Waals surface area contributed by atoms with E-state index in [9.17, 15) is 4.79 Å². The summed E-state index contributed by atoms with van der Waals surface area (Å²) >= 11 is 3.53. The number of halogens is 1. The fourth-order valence-electron chi connectivity index (χ4n) is 3.02. The van der Waals surface area contributed by atoms with Crippen LogP contribution in [0.4, 0.5) is 0 Å². The zero-order valence-electron chi connectivity index (χ0n) is 16.3. The monoisotopic (exact) mass is 445 g/mol. The van der Waals surface area contributed by atoms with Crippen molar-refractivity contribution in [1.82, 2.24) is 14.9 Å². The van der Waals surface area contributed by atoms with Gasteiger partial charge in [0.05, 0.1) is 37.2 Å². The Hall–Kier alpha value is -2.54. The van der Waals surface area contributed by atoms with Crippen LogP contribution in [0.15, 0.2) is 40.9 Å². The minimum atomic E-state index is -0.0839. The Morgan fingerprint density at radius 1 is 1.14 bits per heavy atom. The lowest BCUT2D eigenvalue weighted by Gasteiger charge is -2.14. The molecule has 0 fully saturated rings. The van der Waals surface area contributed by atoms with E-state index in [1.54, 1.807) is 0 Å². The first-order valence-corrected chi connectivity index (χ1v) is 10.1. The molecule has 6 nitrogen and oxygen atoms in total. The number of rotatable bonds is 8. The van der Waals surface area contributed by atoms with Gasteiger partial charge in [-0.15, -0.1) is 0 Å². The van der Waals surface area contributed by atoms with Crippen LogP contribution in [0.3, 0.4) is 0 Å². The van der Waals surface area contributed by atoms with E-state index in [0.717, 1.165) is 26.9 Å². The Balaban J connectivity index is 1.70. The highest BCUT2D eigenvalue weighted by Crippen LogP contribution is 2.34. The fourth-order valence-corrected chi connectivity index (χ4v) is 3.48.